The normalized spacial score (nSPS) is 13.4. The highest BCUT2D eigenvalue weighted by atomic mass is 16.6. The molecule has 0 bridgehead atoms. The first-order valence-corrected chi connectivity index (χ1v) is 6.04. The van der Waals surface area contributed by atoms with Crippen molar-refractivity contribution in [2.75, 3.05) is 6.54 Å². The molecule has 0 aromatic rings. The predicted octanol–water partition coefficient (Wildman–Crippen LogP) is 2.44. The van der Waals surface area contributed by atoms with E-state index in [1.807, 2.05) is 34.6 Å². The van der Waals surface area contributed by atoms with Crippen LogP contribution >= 0.6 is 0 Å². The lowest BCUT2D eigenvalue weighted by molar-refractivity contribution is 0.0500. The number of carbonyl (C=O) groups excluding carboxylic acids is 1. The molecule has 3 N–H and O–H groups in total. The topological polar surface area (TPSA) is 64.3 Å². The van der Waals surface area contributed by atoms with Gasteiger partial charge in [0.1, 0.15) is 5.60 Å². The van der Waals surface area contributed by atoms with E-state index in [0.717, 1.165) is 5.57 Å². The molecule has 0 spiro atoms. The Labute approximate surface area is 105 Å². The summed E-state index contributed by atoms with van der Waals surface area (Å²) in [5, 5.41) is 2.84. The molecule has 1 unspecified atom stereocenters. The molecule has 0 aromatic heterocycles. The first-order valence-electron chi connectivity index (χ1n) is 6.04. The summed E-state index contributed by atoms with van der Waals surface area (Å²) in [4.78, 5) is 11.7. The van der Waals surface area contributed by atoms with Crippen LogP contribution in [0.5, 0.6) is 0 Å². The molecule has 0 aromatic carbocycles. The lowest BCUT2D eigenvalue weighted by Gasteiger charge is -2.27. The van der Waals surface area contributed by atoms with Crippen LogP contribution in [0.25, 0.3) is 0 Å². The quantitative estimate of drug-likeness (QED) is 0.728. The number of nitrogens with one attached hydrogen (secondary N) is 1. The van der Waals surface area contributed by atoms with Crippen LogP contribution in [0.15, 0.2) is 12.2 Å². The Kier molecular flexibility index (Phi) is 6.24. The van der Waals surface area contributed by atoms with E-state index in [2.05, 4.69) is 11.9 Å². The average Bonchev–Trinajstić information content (AvgIpc) is 2.11. The van der Waals surface area contributed by atoms with Crippen LogP contribution in [-0.4, -0.2) is 24.3 Å². The molecule has 0 radical (unpaired) electrons. The van der Waals surface area contributed by atoms with Gasteiger partial charge in [0.2, 0.25) is 0 Å². The standard InChI is InChI=1S/C13H26N2O2/c1-9(2)11(10(3)7-8-14)15-12(16)17-13(4,5)6/h9,11H,3,7-8,14H2,1-2,4-6H3,(H,15,16). The number of rotatable bonds is 5. The molecule has 4 heteroatoms. The van der Waals surface area contributed by atoms with Crippen LogP contribution in [0.2, 0.25) is 0 Å². The Morgan fingerprint density at radius 2 is 1.94 bits per heavy atom. The van der Waals surface area contributed by atoms with E-state index in [4.69, 9.17) is 10.5 Å². The largest absolute Gasteiger partial charge is 0.444 e. The molecule has 1 amide bonds. The Balaban J connectivity index is 4.46. The highest BCUT2D eigenvalue weighted by Crippen LogP contribution is 2.15. The smallest absolute Gasteiger partial charge is 0.408 e. The summed E-state index contributed by atoms with van der Waals surface area (Å²) < 4.78 is 5.22. The van der Waals surface area contributed by atoms with Crippen LogP contribution in [0.3, 0.4) is 0 Å². The predicted molar refractivity (Wildman–Crippen MR) is 70.8 cm³/mol. The van der Waals surface area contributed by atoms with E-state index in [1.165, 1.54) is 0 Å². The van der Waals surface area contributed by atoms with Gasteiger partial charge in [-0.3, -0.25) is 0 Å². The Hall–Kier alpha value is -1.03. The molecular weight excluding hydrogens is 216 g/mol. The van der Waals surface area contributed by atoms with E-state index >= 15 is 0 Å². The van der Waals surface area contributed by atoms with Gasteiger partial charge in [0.05, 0.1) is 6.04 Å². The van der Waals surface area contributed by atoms with Crippen molar-refractivity contribution in [3.63, 3.8) is 0 Å². The van der Waals surface area contributed by atoms with Crippen molar-refractivity contribution in [2.24, 2.45) is 11.7 Å². The number of hydrogen-bond donors (Lipinski definition) is 2. The van der Waals surface area contributed by atoms with Crippen molar-refractivity contribution in [1.82, 2.24) is 5.32 Å². The molecule has 0 aliphatic rings. The van der Waals surface area contributed by atoms with E-state index in [9.17, 15) is 4.79 Å². The van der Waals surface area contributed by atoms with Gasteiger partial charge in [0.25, 0.3) is 0 Å². The second-order valence-corrected chi connectivity index (χ2v) is 5.56. The Morgan fingerprint density at radius 1 is 1.41 bits per heavy atom. The summed E-state index contributed by atoms with van der Waals surface area (Å²) >= 11 is 0. The lowest BCUT2D eigenvalue weighted by atomic mass is 9.95. The minimum atomic E-state index is -0.485. The molecule has 0 saturated carbocycles. The fourth-order valence-electron chi connectivity index (χ4n) is 1.52. The summed E-state index contributed by atoms with van der Waals surface area (Å²) in [5.41, 5.74) is 5.95. The zero-order chi connectivity index (χ0) is 13.6. The summed E-state index contributed by atoms with van der Waals surface area (Å²) in [5.74, 6) is 0.265. The van der Waals surface area contributed by atoms with Crippen LogP contribution in [-0.2, 0) is 4.74 Å². The number of nitrogens with two attached hydrogens (primary N) is 1. The third-order valence-corrected chi connectivity index (χ3v) is 2.24. The zero-order valence-corrected chi connectivity index (χ0v) is 11.7. The molecule has 0 fully saturated rings. The first-order chi connectivity index (χ1) is 7.67. The second kappa shape index (κ2) is 6.64. The monoisotopic (exact) mass is 242 g/mol. The average molecular weight is 242 g/mol. The van der Waals surface area contributed by atoms with Gasteiger partial charge in [-0.2, -0.15) is 0 Å². The van der Waals surface area contributed by atoms with Gasteiger partial charge >= 0.3 is 6.09 Å². The third kappa shape index (κ3) is 7.00. The Morgan fingerprint density at radius 3 is 2.29 bits per heavy atom. The fourth-order valence-corrected chi connectivity index (χ4v) is 1.52. The van der Waals surface area contributed by atoms with Crippen molar-refractivity contribution in [3.05, 3.63) is 12.2 Å². The number of carbonyl (C=O) groups is 1. The van der Waals surface area contributed by atoms with E-state index in [0.29, 0.717) is 13.0 Å². The molecular formula is C13H26N2O2. The maximum Gasteiger partial charge on any atom is 0.408 e. The van der Waals surface area contributed by atoms with Crippen LogP contribution < -0.4 is 11.1 Å². The number of amides is 1. The van der Waals surface area contributed by atoms with Gasteiger partial charge in [0, 0.05) is 0 Å². The maximum absolute atomic E-state index is 11.7. The van der Waals surface area contributed by atoms with Crippen molar-refractivity contribution in [3.8, 4) is 0 Å². The van der Waals surface area contributed by atoms with Crippen LogP contribution in [0.4, 0.5) is 4.79 Å². The molecule has 17 heavy (non-hydrogen) atoms. The third-order valence-electron chi connectivity index (χ3n) is 2.24. The van der Waals surface area contributed by atoms with Gasteiger partial charge in [0.15, 0.2) is 0 Å². The highest BCUT2D eigenvalue weighted by Gasteiger charge is 2.22. The molecule has 4 nitrogen and oxygen atoms in total. The lowest BCUT2D eigenvalue weighted by Crippen LogP contribution is -2.43. The van der Waals surface area contributed by atoms with Crippen LogP contribution in [0.1, 0.15) is 41.0 Å². The second-order valence-electron chi connectivity index (χ2n) is 5.56. The van der Waals surface area contributed by atoms with Gasteiger partial charge < -0.3 is 15.8 Å². The summed E-state index contributed by atoms with van der Waals surface area (Å²) in [6, 6.07) is -0.0894. The zero-order valence-electron chi connectivity index (χ0n) is 11.7. The van der Waals surface area contributed by atoms with Crippen LogP contribution in [0, 0.1) is 5.92 Å². The van der Waals surface area contributed by atoms with Gasteiger partial charge in [-0.25, -0.2) is 4.79 Å². The van der Waals surface area contributed by atoms with Crippen molar-refractivity contribution in [2.45, 2.75) is 52.7 Å². The van der Waals surface area contributed by atoms with Gasteiger partial charge in [-0.1, -0.05) is 26.0 Å². The number of hydrogen-bond acceptors (Lipinski definition) is 3. The molecule has 0 aliphatic heterocycles. The summed E-state index contributed by atoms with van der Waals surface area (Å²) in [7, 11) is 0. The molecule has 0 heterocycles. The fraction of sp³-hybridized carbons (Fsp3) is 0.769. The number of alkyl carbamates (subject to hydrolysis) is 1. The van der Waals surface area contributed by atoms with Crippen molar-refractivity contribution in [1.29, 1.82) is 0 Å². The minimum Gasteiger partial charge on any atom is -0.444 e. The first kappa shape index (κ1) is 16.0. The summed E-state index contributed by atoms with van der Waals surface area (Å²) in [6.45, 7) is 14.1. The highest BCUT2D eigenvalue weighted by molar-refractivity contribution is 5.68. The minimum absolute atomic E-state index is 0.0894. The molecule has 1 atom stereocenters. The van der Waals surface area contributed by atoms with E-state index in [1.54, 1.807) is 0 Å². The van der Waals surface area contributed by atoms with Gasteiger partial charge in [-0.15, -0.1) is 0 Å². The number of ether oxygens (including phenoxy) is 1. The van der Waals surface area contributed by atoms with Crippen molar-refractivity contribution >= 4 is 6.09 Å². The molecule has 100 valence electrons. The Bertz CT molecular complexity index is 267. The van der Waals surface area contributed by atoms with Gasteiger partial charge in [-0.05, 0) is 39.7 Å². The van der Waals surface area contributed by atoms with Crippen molar-refractivity contribution < 1.29 is 9.53 Å². The summed E-state index contributed by atoms with van der Waals surface area (Å²) in [6.07, 6.45) is 0.299. The molecule has 0 rings (SSSR count). The SMILES string of the molecule is C=C(CCN)C(NC(=O)OC(C)(C)C)C(C)C. The van der Waals surface area contributed by atoms with E-state index < -0.39 is 11.7 Å². The molecule has 0 aliphatic carbocycles. The van der Waals surface area contributed by atoms with E-state index in [-0.39, 0.29) is 12.0 Å². The maximum atomic E-state index is 11.7. The molecule has 0 saturated heterocycles.